The fourth-order valence-electron chi connectivity index (χ4n) is 4.49. The van der Waals surface area contributed by atoms with Crippen molar-refractivity contribution in [2.24, 2.45) is 5.92 Å². The number of nitrogens with zero attached hydrogens (tertiary/aromatic N) is 2. The van der Waals surface area contributed by atoms with Crippen LogP contribution < -0.4 is 0 Å². The standard InChI is InChI=1S/C14H12N2.C10H12O2.C7H13N.CH3.2ClH.2H2N.2Pt/c1-9-10(2)12-6-4-8-16-14(12)13-11(9)5-3-7-15-13;11-10(12)8-4-7-9-5-2-1-3-6-9;1-6-4-2-3-5-7(6)8;;;;;;;/h3-8H,1-2H3;1-3,5-6H,4,7-8H2,(H,11,12);6-8H,1-5H2;1H3;2*1H;2*1H2;;/q;;-2;-1;;;2*-1;;+4/p-2. The van der Waals surface area contributed by atoms with Gasteiger partial charge in [-0.2, -0.15) is 12.0 Å². The van der Waals surface area contributed by atoms with Gasteiger partial charge in [-0.05, 0) is 55.5 Å². The Morgan fingerprint density at radius 3 is 1.79 bits per heavy atom. The number of fused-ring (bicyclic) bond motifs is 3. The third-order valence-corrected chi connectivity index (χ3v) is 6.82. The predicted octanol–water partition coefficient (Wildman–Crippen LogP) is 11.2. The molecule has 5 rings (SSSR count). The van der Waals surface area contributed by atoms with E-state index in [1.165, 1.54) is 46.7 Å². The number of nitrogens with two attached hydrogens (primary N) is 2. The van der Waals surface area contributed by atoms with E-state index in [0.29, 0.717) is 5.92 Å². The molecule has 1 aliphatic carbocycles. The van der Waals surface area contributed by atoms with Gasteiger partial charge >= 0.3 is 41.3 Å². The molecular formula is C32H44Cl2N5O2Pt2-3. The molecule has 2 heterocycles. The number of nitrogens with one attached hydrogen (secondary N) is 1. The normalized spacial score (nSPS) is 14.7. The van der Waals surface area contributed by atoms with Crippen LogP contribution in [0.5, 0.6) is 0 Å². The van der Waals surface area contributed by atoms with Gasteiger partial charge in [-0.25, -0.2) is 0 Å². The summed E-state index contributed by atoms with van der Waals surface area (Å²) in [7, 11) is 9.75. The molecule has 0 radical (unpaired) electrons. The van der Waals surface area contributed by atoms with Crippen molar-refractivity contribution in [3.8, 4) is 0 Å². The first-order valence-electron chi connectivity index (χ1n) is 13.0. The summed E-state index contributed by atoms with van der Waals surface area (Å²) in [5.74, 6) is -0.297. The van der Waals surface area contributed by atoms with Gasteiger partial charge in [0.15, 0.2) is 0 Å². The van der Waals surface area contributed by atoms with Crippen LogP contribution in [0.1, 0.15) is 55.2 Å². The van der Waals surface area contributed by atoms with Crippen LogP contribution in [0.15, 0.2) is 67.0 Å². The first-order chi connectivity index (χ1) is 18.8. The molecule has 0 saturated heterocycles. The zero-order valence-electron chi connectivity index (χ0n) is 25.0. The summed E-state index contributed by atoms with van der Waals surface area (Å²) in [4.78, 5) is 19.1. The largest absolute Gasteiger partial charge is 0.693 e. The zero-order valence-corrected chi connectivity index (χ0v) is 31.0. The van der Waals surface area contributed by atoms with Crippen molar-refractivity contribution in [3.63, 3.8) is 0 Å². The maximum atomic E-state index is 10.2. The van der Waals surface area contributed by atoms with E-state index >= 15 is 0 Å². The van der Waals surface area contributed by atoms with Crippen molar-refractivity contribution in [2.45, 2.75) is 64.8 Å². The number of carboxylic acid groups (broad SMARTS) is 1. The molecule has 0 aliphatic heterocycles. The minimum atomic E-state index is -0.717. The third-order valence-electron chi connectivity index (χ3n) is 6.82. The maximum Gasteiger partial charge on any atom is 0 e. The van der Waals surface area contributed by atoms with Gasteiger partial charge in [0.25, 0.3) is 0 Å². The van der Waals surface area contributed by atoms with Crippen LogP contribution in [0, 0.1) is 34.1 Å². The molecule has 7 nitrogen and oxygen atoms in total. The van der Waals surface area contributed by atoms with Gasteiger partial charge in [-0.15, -0.1) is 0 Å². The Morgan fingerprint density at radius 1 is 0.930 bits per heavy atom. The van der Waals surface area contributed by atoms with Gasteiger partial charge in [0, 0.05) is 50.7 Å². The van der Waals surface area contributed by atoms with E-state index in [-0.39, 0.29) is 53.3 Å². The summed E-state index contributed by atoms with van der Waals surface area (Å²) in [6.45, 7) is 8.18. The van der Waals surface area contributed by atoms with Crippen LogP contribution >= 0.6 is 18.8 Å². The van der Waals surface area contributed by atoms with Crippen molar-refractivity contribution in [2.75, 3.05) is 0 Å². The molecule has 0 bridgehead atoms. The van der Waals surface area contributed by atoms with Crippen LogP contribution in [0.4, 0.5) is 0 Å². The second-order valence-corrected chi connectivity index (χ2v) is 12.8. The number of pyridine rings is 2. The molecule has 4 aromatic rings. The Bertz CT molecular complexity index is 1230. The number of hydrogen-bond acceptors (Lipinski definition) is 3. The molecule has 0 spiro atoms. The molecule has 246 valence electrons. The van der Waals surface area contributed by atoms with E-state index in [1.807, 2.05) is 54.9 Å². The zero-order chi connectivity index (χ0) is 28.6. The molecule has 2 unspecified atom stereocenters. The van der Waals surface area contributed by atoms with Crippen LogP contribution in [0.2, 0.25) is 0 Å². The summed E-state index contributed by atoms with van der Waals surface area (Å²) >= 11 is -0.472. The minimum absolute atomic E-state index is 0. The van der Waals surface area contributed by atoms with Crippen LogP contribution in [-0.4, -0.2) is 27.1 Å². The van der Waals surface area contributed by atoms with E-state index in [4.69, 9.17) is 29.7 Å². The van der Waals surface area contributed by atoms with Gasteiger partial charge in [-0.1, -0.05) is 68.1 Å². The van der Waals surface area contributed by atoms with Crippen LogP contribution in [0.3, 0.4) is 0 Å². The Kier molecular flexibility index (Phi) is 27.6. The fraction of sp³-hybridized carbons (Fsp3) is 0.344. The average Bonchev–Trinajstić information content (AvgIpc) is 2.95. The van der Waals surface area contributed by atoms with Crippen molar-refractivity contribution < 1.29 is 47.4 Å². The SMILES string of the molecule is Cc1c(C)c2cccnc2c2ncccc12.O=C(O)CCCc1ccccc1.[CH2-]C1CCCCC1[NH-].[CH3-].[Cl][Pt+2][Cl].[NH2-].[NH2-].[Pt]. The summed E-state index contributed by atoms with van der Waals surface area (Å²) in [5, 5.41) is 10.8. The smallest absolute Gasteiger partial charge is 0 e. The number of halogens is 2. The van der Waals surface area contributed by atoms with E-state index in [2.05, 4.69) is 42.9 Å². The third kappa shape index (κ3) is 15.9. The van der Waals surface area contributed by atoms with Gasteiger partial charge in [0.05, 0.1) is 11.0 Å². The predicted molar refractivity (Wildman–Crippen MR) is 178 cm³/mol. The monoisotopic (exact) mass is 990 g/mol. The van der Waals surface area contributed by atoms with Crippen molar-refractivity contribution in [3.05, 3.63) is 116 Å². The number of carboxylic acids is 1. The average molecular weight is 992 g/mol. The second-order valence-electron chi connectivity index (χ2n) is 9.48. The second kappa shape index (κ2) is 25.8. The molecule has 1 saturated carbocycles. The number of rotatable bonds is 4. The van der Waals surface area contributed by atoms with E-state index < -0.39 is 22.5 Å². The molecule has 43 heavy (non-hydrogen) atoms. The van der Waals surface area contributed by atoms with Crippen molar-refractivity contribution in [1.29, 1.82) is 0 Å². The molecule has 1 fully saturated rings. The van der Waals surface area contributed by atoms with Crippen molar-refractivity contribution >= 4 is 46.6 Å². The molecule has 0 amide bonds. The minimum Gasteiger partial charge on any atom is -0.693 e. The van der Waals surface area contributed by atoms with E-state index in [0.717, 1.165) is 30.3 Å². The molecule has 2 atom stereocenters. The number of hydrogen-bond donors (Lipinski definition) is 1. The van der Waals surface area contributed by atoms with Gasteiger partial charge in [-0.3, -0.25) is 14.8 Å². The first kappa shape index (κ1) is 46.0. The molecule has 2 aromatic carbocycles. The maximum absolute atomic E-state index is 10.2. The van der Waals surface area contributed by atoms with Crippen LogP contribution in [0.25, 0.3) is 39.8 Å². The van der Waals surface area contributed by atoms with Crippen LogP contribution in [-0.2, 0) is 48.8 Å². The summed E-state index contributed by atoms with van der Waals surface area (Å²) in [6.07, 6.45) is 10.3. The summed E-state index contributed by atoms with van der Waals surface area (Å²) in [6, 6.07) is 18.2. The topological polar surface area (TPSA) is 154 Å². The van der Waals surface area contributed by atoms with E-state index in [1.54, 1.807) is 0 Å². The van der Waals surface area contributed by atoms with Gasteiger partial charge in [0.1, 0.15) is 0 Å². The molecule has 6 N–H and O–H groups in total. The first-order valence-corrected chi connectivity index (χ1v) is 18.6. The molecule has 1 aliphatic rings. The number of aromatic nitrogens is 2. The van der Waals surface area contributed by atoms with Gasteiger partial charge in [0.2, 0.25) is 0 Å². The number of aliphatic carboxylic acids is 1. The number of carbonyl (C=O) groups is 1. The molecular weight excluding hydrogens is 947 g/mol. The van der Waals surface area contributed by atoms with Crippen molar-refractivity contribution in [1.82, 2.24) is 9.97 Å². The Morgan fingerprint density at radius 2 is 1.40 bits per heavy atom. The quantitative estimate of drug-likeness (QED) is 0.160. The number of aryl methyl sites for hydroxylation is 3. The Balaban J connectivity index is -0.000000533. The Hall–Kier alpha value is -1.43. The summed E-state index contributed by atoms with van der Waals surface area (Å²) < 4.78 is 0. The summed E-state index contributed by atoms with van der Waals surface area (Å²) in [5.41, 5.74) is 13.2. The fourth-order valence-corrected chi connectivity index (χ4v) is 4.49. The number of benzene rings is 2. The molecule has 2 aromatic heterocycles. The Labute approximate surface area is 288 Å². The van der Waals surface area contributed by atoms with E-state index in [9.17, 15) is 4.79 Å². The molecule has 11 heteroatoms. The van der Waals surface area contributed by atoms with Gasteiger partial charge < -0.3 is 37.5 Å².